The summed E-state index contributed by atoms with van der Waals surface area (Å²) in [6, 6.07) is 15.3. The molecule has 0 spiro atoms. The normalized spacial score (nSPS) is 11.6. The molecule has 0 bridgehead atoms. The summed E-state index contributed by atoms with van der Waals surface area (Å²) in [5.74, 6) is 0.0187. The van der Waals surface area contributed by atoms with Crippen molar-refractivity contribution >= 4 is 34.8 Å². The SMILES string of the molecule is CNC(=O)C(NC(=O)c1sc(COc2ccc(Cl)cc2)nc1C)c1ccccc1. The molecule has 0 saturated heterocycles. The van der Waals surface area contributed by atoms with Crippen LogP contribution in [0.15, 0.2) is 54.6 Å². The van der Waals surface area contributed by atoms with Crippen molar-refractivity contribution in [3.63, 3.8) is 0 Å². The molecule has 0 saturated carbocycles. The van der Waals surface area contributed by atoms with Crippen LogP contribution in [0.2, 0.25) is 5.02 Å². The van der Waals surface area contributed by atoms with Crippen molar-refractivity contribution in [2.45, 2.75) is 19.6 Å². The van der Waals surface area contributed by atoms with E-state index < -0.39 is 6.04 Å². The Morgan fingerprint density at radius 1 is 1.14 bits per heavy atom. The van der Waals surface area contributed by atoms with Crippen LogP contribution in [-0.4, -0.2) is 23.8 Å². The summed E-state index contributed by atoms with van der Waals surface area (Å²) >= 11 is 7.11. The summed E-state index contributed by atoms with van der Waals surface area (Å²) in [5.41, 5.74) is 1.29. The van der Waals surface area contributed by atoms with Crippen molar-refractivity contribution in [3.05, 3.63) is 80.8 Å². The molecule has 1 aromatic heterocycles. The number of rotatable bonds is 7. The van der Waals surface area contributed by atoms with Gasteiger partial charge in [-0.3, -0.25) is 9.59 Å². The van der Waals surface area contributed by atoms with E-state index in [1.165, 1.54) is 18.4 Å². The summed E-state index contributed by atoms with van der Waals surface area (Å²) in [4.78, 5) is 30.0. The number of carbonyl (C=O) groups is 2. The Bertz CT molecular complexity index is 990. The number of aromatic nitrogens is 1. The molecule has 0 radical (unpaired) electrons. The van der Waals surface area contributed by atoms with E-state index in [1.807, 2.05) is 18.2 Å². The van der Waals surface area contributed by atoms with Gasteiger partial charge in [0.2, 0.25) is 5.91 Å². The van der Waals surface area contributed by atoms with Crippen LogP contribution in [0.3, 0.4) is 0 Å². The molecule has 8 heteroatoms. The minimum Gasteiger partial charge on any atom is -0.486 e. The molecule has 29 heavy (non-hydrogen) atoms. The lowest BCUT2D eigenvalue weighted by molar-refractivity contribution is -0.122. The van der Waals surface area contributed by atoms with Crippen molar-refractivity contribution in [1.29, 1.82) is 0 Å². The molecule has 150 valence electrons. The fraction of sp³-hybridized carbons (Fsp3) is 0.190. The molecule has 2 aromatic carbocycles. The van der Waals surface area contributed by atoms with E-state index in [9.17, 15) is 9.59 Å². The number of ether oxygens (including phenoxy) is 1. The lowest BCUT2D eigenvalue weighted by Crippen LogP contribution is -2.39. The fourth-order valence-corrected chi connectivity index (χ4v) is 3.69. The van der Waals surface area contributed by atoms with Crippen LogP contribution in [0.1, 0.15) is 32.0 Å². The monoisotopic (exact) mass is 429 g/mol. The largest absolute Gasteiger partial charge is 0.486 e. The topological polar surface area (TPSA) is 80.3 Å². The van der Waals surface area contributed by atoms with E-state index in [0.717, 1.165) is 0 Å². The zero-order valence-electron chi connectivity index (χ0n) is 15.9. The number of hydrogen-bond acceptors (Lipinski definition) is 5. The van der Waals surface area contributed by atoms with Gasteiger partial charge in [0.1, 0.15) is 28.3 Å². The smallest absolute Gasteiger partial charge is 0.264 e. The van der Waals surface area contributed by atoms with Crippen molar-refractivity contribution < 1.29 is 14.3 Å². The van der Waals surface area contributed by atoms with Gasteiger partial charge in [0.15, 0.2) is 0 Å². The highest BCUT2D eigenvalue weighted by atomic mass is 35.5. The number of aryl methyl sites for hydroxylation is 1. The Labute approximate surface area is 177 Å². The Hall–Kier alpha value is -2.90. The van der Waals surface area contributed by atoms with E-state index in [2.05, 4.69) is 15.6 Å². The van der Waals surface area contributed by atoms with Gasteiger partial charge in [-0.05, 0) is 36.8 Å². The average Bonchev–Trinajstić information content (AvgIpc) is 3.12. The van der Waals surface area contributed by atoms with Crippen molar-refractivity contribution in [2.24, 2.45) is 0 Å². The number of amides is 2. The lowest BCUT2D eigenvalue weighted by atomic mass is 10.1. The van der Waals surface area contributed by atoms with Crippen LogP contribution >= 0.6 is 22.9 Å². The standard InChI is InChI=1S/C21H20ClN3O3S/c1-13-19(29-17(24-13)12-28-16-10-8-15(22)9-11-16)21(27)25-18(20(26)23-2)14-6-4-3-5-7-14/h3-11,18H,12H2,1-2H3,(H,23,26)(H,25,27). The lowest BCUT2D eigenvalue weighted by Gasteiger charge is -2.17. The van der Waals surface area contributed by atoms with E-state index >= 15 is 0 Å². The van der Waals surface area contributed by atoms with Crippen molar-refractivity contribution in [2.75, 3.05) is 7.05 Å². The second kappa shape index (κ2) is 9.54. The number of nitrogens with zero attached hydrogens (tertiary/aromatic N) is 1. The molecule has 0 fully saturated rings. The van der Waals surface area contributed by atoms with E-state index in [-0.39, 0.29) is 18.4 Å². The van der Waals surface area contributed by atoms with Gasteiger partial charge >= 0.3 is 0 Å². The van der Waals surface area contributed by atoms with Crippen LogP contribution < -0.4 is 15.4 Å². The summed E-state index contributed by atoms with van der Waals surface area (Å²) in [7, 11) is 1.54. The minimum absolute atomic E-state index is 0.234. The van der Waals surface area contributed by atoms with E-state index in [4.69, 9.17) is 16.3 Å². The molecular formula is C21H20ClN3O3S. The second-order valence-electron chi connectivity index (χ2n) is 6.20. The predicted octanol–water partition coefficient (Wildman–Crippen LogP) is 3.90. The number of hydrogen-bond donors (Lipinski definition) is 2. The molecular weight excluding hydrogens is 410 g/mol. The van der Waals surface area contributed by atoms with E-state index in [0.29, 0.717) is 31.9 Å². The third kappa shape index (κ3) is 5.34. The predicted molar refractivity (Wildman–Crippen MR) is 113 cm³/mol. The highest BCUT2D eigenvalue weighted by Gasteiger charge is 2.24. The molecule has 3 aromatic rings. The first-order chi connectivity index (χ1) is 14.0. The zero-order valence-corrected chi connectivity index (χ0v) is 17.5. The van der Waals surface area contributed by atoms with Gasteiger partial charge in [0, 0.05) is 12.1 Å². The molecule has 0 aliphatic carbocycles. The number of benzene rings is 2. The third-order valence-corrected chi connectivity index (χ3v) is 5.52. The summed E-state index contributed by atoms with van der Waals surface area (Å²) in [5, 5.41) is 6.68. The molecule has 0 aliphatic heterocycles. The van der Waals surface area contributed by atoms with Gasteiger partial charge in [-0.1, -0.05) is 41.9 Å². The Morgan fingerprint density at radius 2 is 1.83 bits per heavy atom. The Balaban J connectivity index is 1.71. The molecule has 2 N–H and O–H groups in total. The molecule has 3 rings (SSSR count). The molecule has 1 heterocycles. The van der Waals surface area contributed by atoms with Crippen LogP contribution in [0.5, 0.6) is 5.75 Å². The van der Waals surface area contributed by atoms with Crippen molar-refractivity contribution in [3.8, 4) is 5.75 Å². The first kappa shape index (κ1) is 20.8. The van der Waals surface area contributed by atoms with Crippen LogP contribution in [-0.2, 0) is 11.4 Å². The zero-order chi connectivity index (χ0) is 20.8. The maximum Gasteiger partial charge on any atom is 0.264 e. The van der Waals surface area contributed by atoms with Gasteiger partial charge in [-0.25, -0.2) is 4.98 Å². The number of thiazole rings is 1. The maximum atomic E-state index is 12.8. The fourth-order valence-electron chi connectivity index (χ4n) is 2.69. The van der Waals surface area contributed by atoms with Crippen LogP contribution in [0.25, 0.3) is 0 Å². The first-order valence-corrected chi connectivity index (χ1v) is 10.1. The minimum atomic E-state index is -0.788. The maximum absolute atomic E-state index is 12.8. The van der Waals surface area contributed by atoms with Crippen LogP contribution in [0.4, 0.5) is 0 Å². The summed E-state index contributed by atoms with van der Waals surface area (Å²) in [6.45, 7) is 1.99. The summed E-state index contributed by atoms with van der Waals surface area (Å²) in [6.07, 6.45) is 0. The third-order valence-electron chi connectivity index (χ3n) is 4.14. The molecule has 1 unspecified atom stereocenters. The van der Waals surface area contributed by atoms with Crippen molar-refractivity contribution in [1.82, 2.24) is 15.6 Å². The quantitative estimate of drug-likeness (QED) is 0.596. The molecule has 6 nitrogen and oxygen atoms in total. The highest BCUT2D eigenvalue weighted by Crippen LogP contribution is 2.23. The van der Waals surface area contributed by atoms with Gasteiger partial charge in [-0.15, -0.1) is 11.3 Å². The first-order valence-electron chi connectivity index (χ1n) is 8.90. The van der Waals surface area contributed by atoms with Gasteiger partial charge in [0.05, 0.1) is 5.69 Å². The average molecular weight is 430 g/mol. The molecule has 2 amide bonds. The van der Waals surface area contributed by atoms with E-state index in [1.54, 1.807) is 43.3 Å². The van der Waals surface area contributed by atoms with Gasteiger partial charge in [0.25, 0.3) is 5.91 Å². The molecule has 0 aliphatic rings. The highest BCUT2D eigenvalue weighted by molar-refractivity contribution is 7.13. The Kier molecular flexibility index (Phi) is 6.85. The van der Waals surface area contributed by atoms with Crippen LogP contribution in [0, 0.1) is 6.92 Å². The Morgan fingerprint density at radius 3 is 2.48 bits per heavy atom. The molecule has 1 atom stereocenters. The summed E-state index contributed by atoms with van der Waals surface area (Å²) < 4.78 is 5.69. The second-order valence-corrected chi connectivity index (χ2v) is 7.72. The number of carbonyl (C=O) groups excluding carboxylic acids is 2. The van der Waals surface area contributed by atoms with Gasteiger partial charge in [-0.2, -0.15) is 0 Å². The van der Waals surface area contributed by atoms with Gasteiger partial charge < -0.3 is 15.4 Å². The number of likely N-dealkylation sites (N-methyl/N-ethyl adjacent to an activating group) is 1. The number of nitrogens with one attached hydrogen (secondary N) is 2. The number of halogens is 1.